The van der Waals surface area contributed by atoms with E-state index in [1.54, 1.807) is 23.7 Å². The molecule has 4 rings (SSSR count). The van der Waals surface area contributed by atoms with Gasteiger partial charge in [-0.1, -0.05) is 30.3 Å². The first-order valence-electron chi connectivity index (χ1n) is 9.26. The van der Waals surface area contributed by atoms with Crippen molar-refractivity contribution in [2.75, 3.05) is 6.54 Å². The summed E-state index contributed by atoms with van der Waals surface area (Å²) in [6.07, 6.45) is 0.384. The van der Waals surface area contributed by atoms with Gasteiger partial charge >= 0.3 is 5.97 Å². The number of aromatic carboxylic acids is 1. The highest BCUT2D eigenvalue weighted by molar-refractivity contribution is 7.89. The first-order chi connectivity index (χ1) is 13.8. The summed E-state index contributed by atoms with van der Waals surface area (Å²) >= 11 is 0. The first kappa shape index (κ1) is 19.4. The van der Waals surface area contributed by atoms with E-state index in [-0.39, 0.29) is 23.7 Å². The van der Waals surface area contributed by atoms with Gasteiger partial charge in [0.15, 0.2) is 5.69 Å². The molecule has 0 fully saturated rings. The maximum Gasteiger partial charge on any atom is 0.356 e. The summed E-state index contributed by atoms with van der Waals surface area (Å²) in [5.74, 6) is -1.16. The van der Waals surface area contributed by atoms with Crippen LogP contribution in [0.15, 0.2) is 53.4 Å². The van der Waals surface area contributed by atoms with Crippen LogP contribution in [0.25, 0.3) is 5.69 Å². The molecule has 3 aromatic rings. The van der Waals surface area contributed by atoms with Crippen LogP contribution in [0.1, 0.15) is 32.9 Å². The molecule has 29 heavy (non-hydrogen) atoms. The van der Waals surface area contributed by atoms with Gasteiger partial charge in [-0.15, -0.1) is 0 Å². The van der Waals surface area contributed by atoms with Crippen molar-refractivity contribution in [1.82, 2.24) is 14.1 Å². The van der Waals surface area contributed by atoms with E-state index >= 15 is 0 Å². The third-order valence-electron chi connectivity index (χ3n) is 5.19. The van der Waals surface area contributed by atoms with Gasteiger partial charge in [-0.05, 0) is 43.2 Å². The summed E-state index contributed by atoms with van der Waals surface area (Å²) in [5, 5.41) is 13.9. The first-order valence-corrected chi connectivity index (χ1v) is 10.7. The van der Waals surface area contributed by atoms with Crippen LogP contribution in [-0.4, -0.2) is 40.1 Å². The quantitative estimate of drug-likeness (QED) is 0.713. The highest BCUT2D eigenvalue weighted by atomic mass is 32.2. The molecule has 8 heteroatoms. The zero-order valence-electron chi connectivity index (χ0n) is 16.2. The number of aromatic nitrogens is 2. The van der Waals surface area contributed by atoms with Crippen LogP contribution < -0.4 is 0 Å². The number of carboxylic acid groups (broad SMARTS) is 1. The summed E-state index contributed by atoms with van der Waals surface area (Å²) in [5.41, 5.74) is 3.35. The van der Waals surface area contributed by atoms with Crippen LogP contribution in [0.4, 0.5) is 0 Å². The Hall–Kier alpha value is -2.97. The Morgan fingerprint density at radius 1 is 1.10 bits per heavy atom. The lowest BCUT2D eigenvalue weighted by atomic mass is 10.1. The molecule has 0 saturated heterocycles. The second-order valence-electron chi connectivity index (χ2n) is 7.18. The summed E-state index contributed by atoms with van der Waals surface area (Å²) in [6, 6.07) is 14.6. The van der Waals surface area contributed by atoms with Crippen molar-refractivity contribution < 1.29 is 18.3 Å². The van der Waals surface area contributed by atoms with E-state index in [4.69, 9.17) is 0 Å². The van der Waals surface area contributed by atoms with Crippen molar-refractivity contribution in [3.8, 4) is 5.69 Å². The third-order valence-corrected chi connectivity index (χ3v) is 7.17. The lowest BCUT2D eigenvalue weighted by Crippen LogP contribution is -2.37. The van der Waals surface area contributed by atoms with E-state index in [2.05, 4.69) is 5.10 Å². The van der Waals surface area contributed by atoms with Crippen LogP contribution in [0, 0.1) is 13.8 Å². The topological polar surface area (TPSA) is 92.5 Å². The number of nitrogens with zero attached hydrogens (tertiary/aromatic N) is 3. The fourth-order valence-electron chi connectivity index (χ4n) is 3.68. The van der Waals surface area contributed by atoms with Crippen molar-refractivity contribution in [1.29, 1.82) is 0 Å². The summed E-state index contributed by atoms with van der Waals surface area (Å²) < 4.78 is 29.5. The normalized spacial score (nSPS) is 14.6. The number of hydrogen-bond acceptors (Lipinski definition) is 4. The predicted molar refractivity (Wildman–Crippen MR) is 108 cm³/mol. The molecule has 0 bridgehead atoms. The Balaban J connectivity index is 1.78. The molecule has 1 aromatic heterocycles. The number of sulfonamides is 1. The van der Waals surface area contributed by atoms with Crippen LogP contribution in [-0.2, 0) is 23.0 Å². The van der Waals surface area contributed by atoms with Crippen molar-refractivity contribution in [2.24, 2.45) is 0 Å². The second-order valence-corrected chi connectivity index (χ2v) is 9.09. The van der Waals surface area contributed by atoms with Gasteiger partial charge in [0.1, 0.15) is 0 Å². The standard InChI is InChI=1S/C21H21N3O4S/c1-14-8-9-15(2)19(12-14)29(27,28)23-11-10-18-17(13-23)20(21(25)26)22-24(18)16-6-4-3-5-7-16/h3-9,12H,10-11,13H2,1-2H3,(H,25,26). The van der Waals surface area contributed by atoms with Gasteiger partial charge < -0.3 is 5.11 Å². The van der Waals surface area contributed by atoms with Gasteiger partial charge in [-0.2, -0.15) is 9.40 Å². The molecule has 0 amide bonds. The molecule has 0 unspecified atom stereocenters. The van der Waals surface area contributed by atoms with Crippen molar-refractivity contribution in [3.05, 3.63) is 76.6 Å². The summed E-state index contributed by atoms with van der Waals surface area (Å²) in [4.78, 5) is 12.1. The van der Waals surface area contributed by atoms with Crippen LogP contribution in [0.2, 0.25) is 0 Å². The minimum absolute atomic E-state index is 0.0144. The largest absolute Gasteiger partial charge is 0.476 e. The molecule has 0 radical (unpaired) electrons. The molecule has 0 spiro atoms. The van der Waals surface area contributed by atoms with E-state index in [1.807, 2.05) is 43.3 Å². The van der Waals surface area contributed by atoms with E-state index in [9.17, 15) is 18.3 Å². The van der Waals surface area contributed by atoms with E-state index in [1.165, 1.54) is 4.31 Å². The zero-order chi connectivity index (χ0) is 20.8. The highest BCUT2D eigenvalue weighted by Gasteiger charge is 2.35. The number of para-hydroxylation sites is 1. The average molecular weight is 411 g/mol. The molecule has 1 aliphatic heterocycles. The number of aryl methyl sites for hydroxylation is 2. The molecule has 0 saturated carbocycles. The molecular formula is C21H21N3O4S. The lowest BCUT2D eigenvalue weighted by Gasteiger charge is -2.27. The fraction of sp³-hybridized carbons (Fsp3) is 0.238. The summed E-state index contributed by atoms with van der Waals surface area (Å²) in [7, 11) is -3.75. The SMILES string of the molecule is Cc1ccc(C)c(S(=O)(=O)N2CCc3c(c(C(=O)O)nn3-c3ccccc3)C2)c1. The molecule has 7 nitrogen and oxygen atoms in total. The number of fused-ring (bicyclic) bond motifs is 1. The molecule has 1 N–H and O–H groups in total. The number of benzene rings is 2. The molecule has 2 heterocycles. The lowest BCUT2D eigenvalue weighted by molar-refractivity contribution is 0.0688. The zero-order valence-corrected chi connectivity index (χ0v) is 17.0. The van der Waals surface area contributed by atoms with Crippen molar-refractivity contribution in [3.63, 3.8) is 0 Å². The molecule has 2 aromatic carbocycles. The van der Waals surface area contributed by atoms with Gasteiger partial charge in [0.05, 0.1) is 16.3 Å². The van der Waals surface area contributed by atoms with Gasteiger partial charge in [0, 0.05) is 25.1 Å². The Kier molecular flexibility index (Phi) is 4.76. The predicted octanol–water partition coefficient (Wildman–Crippen LogP) is 2.93. The highest BCUT2D eigenvalue weighted by Crippen LogP contribution is 2.30. The van der Waals surface area contributed by atoms with Gasteiger partial charge in [-0.25, -0.2) is 17.9 Å². The molecule has 0 atom stereocenters. The Morgan fingerprint density at radius 2 is 1.83 bits per heavy atom. The average Bonchev–Trinajstić information content (AvgIpc) is 3.09. The Morgan fingerprint density at radius 3 is 2.52 bits per heavy atom. The van der Waals surface area contributed by atoms with Crippen LogP contribution in [0.3, 0.4) is 0 Å². The molecule has 1 aliphatic rings. The monoisotopic (exact) mass is 411 g/mol. The maximum absolute atomic E-state index is 13.3. The Labute approximate surface area is 169 Å². The minimum Gasteiger partial charge on any atom is -0.476 e. The third kappa shape index (κ3) is 3.34. The molecule has 150 valence electrons. The molecule has 0 aliphatic carbocycles. The summed E-state index contributed by atoms with van der Waals surface area (Å²) in [6.45, 7) is 3.86. The van der Waals surface area contributed by atoms with Crippen LogP contribution in [0.5, 0.6) is 0 Å². The Bertz CT molecular complexity index is 1200. The number of carboxylic acids is 1. The minimum atomic E-state index is -3.75. The maximum atomic E-state index is 13.3. The van der Waals surface area contributed by atoms with Gasteiger partial charge in [-0.3, -0.25) is 0 Å². The smallest absolute Gasteiger partial charge is 0.356 e. The van der Waals surface area contributed by atoms with E-state index < -0.39 is 16.0 Å². The second kappa shape index (κ2) is 7.13. The number of carbonyl (C=O) groups is 1. The number of rotatable bonds is 4. The van der Waals surface area contributed by atoms with Crippen molar-refractivity contribution in [2.45, 2.75) is 31.7 Å². The number of hydrogen-bond donors (Lipinski definition) is 1. The molecular weight excluding hydrogens is 390 g/mol. The fourth-order valence-corrected chi connectivity index (χ4v) is 5.40. The van der Waals surface area contributed by atoms with E-state index in [0.717, 1.165) is 16.9 Å². The van der Waals surface area contributed by atoms with Crippen LogP contribution >= 0.6 is 0 Å². The van der Waals surface area contributed by atoms with E-state index in [0.29, 0.717) is 17.5 Å². The van der Waals surface area contributed by atoms with Gasteiger partial charge in [0.25, 0.3) is 0 Å². The van der Waals surface area contributed by atoms with Gasteiger partial charge in [0.2, 0.25) is 10.0 Å². The van der Waals surface area contributed by atoms with Crippen molar-refractivity contribution >= 4 is 16.0 Å².